The Labute approximate surface area is 200 Å². The van der Waals surface area contributed by atoms with E-state index in [9.17, 15) is 14.4 Å². The molecule has 2 aliphatic rings. The summed E-state index contributed by atoms with van der Waals surface area (Å²) in [5.41, 5.74) is -0.0481. The summed E-state index contributed by atoms with van der Waals surface area (Å²) in [5, 5.41) is 2.79. The van der Waals surface area contributed by atoms with Crippen LogP contribution in [0.3, 0.4) is 0 Å². The summed E-state index contributed by atoms with van der Waals surface area (Å²) in [6, 6.07) is 5.78. The number of amides is 3. The normalized spacial score (nSPS) is 20.0. The van der Waals surface area contributed by atoms with Crippen molar-refractivity contribution in [1.82, 2.24) is 29.7 Å². The molecule has 0 saturated carbocycles. The molecular formula is C25H34N6O3. The summed E-state index contributed by atoms with van der Waals surface area (Å²) in [5.74, 6) is 1.62. The van der Waals surface area contributed by atoms with Crippen molar-refractivity contribution in [2.45, 2.75) is 70.9 Å². The van der Waals surface area contributed by atoms with Crippen molar-refractivity contribution in [3.05, 3.63) is 42.1 Å². The first-order chi connectivity index (χ1) is 16.2. The molecule has 182 valence electrons. The van der Waals surface area contributed by atoms with E-state index in [1.54, 1.807) is 24.9 Å². The zero-order chi connectivity index (χ0) is 24.5. The average molecular weight is 467 g/mol. The Hall–Kier alpha value is -3.23. The van der Waals surface area contributed by atoms with Crippen LogP contribution in [0.1, 0.15) is 76.9 Å². The van der Waals surface area contributed by atoms with E-state index in [0.29, 0.717) is 19.6 Å². The second kappa shape index (κ2) is 9.56. The van der Waals surface area contributed by atoms with E-state index in [-0.39, 0.29) is 42.5 Å². The van der Waals surface area contributed by atoms with Crippen molar-refractivity contribution >= 4 is 17.7 Å². The van der Waals surface area contributed by atoms with Crippen LogP contribution in [0.2, 0.25) is 0 Å². The zero-order valence-corrected chi connectivity index (χ0v) is 20.5. The Morgan fingerprint density at radius 3 is 2.71 bits per heavy atom. The Balaban J connectivity index is 1.44. The molecule has 0 spiro atoms. The molecule has 1 N–H and O–H groups in total. The Kier molecular flexibility index (Phi) is 6.72. The fraction of sp³-hybridized carbons (Fsp3) is 0.560. The van der Waals surface area contributed by atoms with Gasteiger partial charge in [0.25, 0.3) is 0 Å². The van der Waals surface area contributed by atoms with Gasteiger partial charge >= 0.3 is 0 Å². The van der Waals surface area contributed by atoms with Crippen molar-refractivity contribution in [3.63, 3.8) is 0 Å². The van der Waals surface area contributed by atoms with Crippen molar-refractivity contribution < 1.29 is 14.4 Å². The second-order valence-electron chi connectivity index (χ2n) is 9.84. The summed E-state index contributed by atoms with van der Waals surface area (Å²) in [7, 11) is 0. The molecule has 3 amide bonds. The fourth-order valence-corrected chi connectivity index (χ4v) is 4.90. The predicted molar refractivity (Wildman–Crippen MR) is 127 cm³/mol. The number of imidazole rings is 1. The van der Waals surface area contributed by atoms with Gasteiger partial charge in [-0.15, -0.1) is 0 Å². The van der Waals surface area contributed by atoms with E-state index in [0.717, 1.165) is 30.2 Å². The number of likely N-dealkylation sites (tertiary alicyclic amines) is 1. The van der Waals surface area contributed by atoms with Crippen LogP contribution in [0.25, 0.3) is 5.82 Å². The summed E-state index contributed by atoms with van der Waals surface area (Å²) in [6.07, 6.45) is 5.65. The molecule has 9 nitrogen and oxygen atoms in total. The number of rotatable bonds is 6. The van der Waals surface area contributed by atoms with Gasteiger partial charge in [0.1, 0.15) is 17.2 Å². The maximum atomic E-state index is 13.1. The zero-order valence-electron chi connectivity index (χ0n) is 20.5. The molecule has 34 heavy (non-hydrogen) atoms. The van der Waals surface area contributed by atoms with E-state index in [4.69, 9.17) is 4.98 Å². The number of piperazine rings is 1. The third kappa shape index (κ3) is 4.56. The molecule has 9 heteroatoms. The molecule has 4 rings (SSSR count). The molecule has 2 saturated heterocycles. The maximum Gasteiger partial charge on any atom is 0.245 e. The van der Waals surface area contributed by atoms with Gasteiger partial charge in [-0.2, -0.15) is 0 Å². The number of nitrogens with zero attached hydrogens (tertiary/aromatic N) is 5. The third-order valence-corrected chi connectivity index (χ3v) is 6.81. The maximum absolute atomic E-state index is 13.1. The highest BCUT2D eigenvalue weighted by Crippen LogP contribution is 2.32. The number of hydrogen-bond acceptors (Lipinski definition) is 5. The van der Waals surface area contributed by atoms with Gasteiger partial charge in [-0.25, -0.2) is 9.97 Å². The minimum Gasteiger partial charge on any atom is -0.352 e. The summed E-state index contributed by atoms with van der Waals surface area (Å²) >= 11 is 0. The second-order valence-corrected chi connectivity index (χ2v) is 9.84. The van der Waals surface area contributed by atoms with Gasteiger partial charge in [0, 0.05) is 50.8 Å². The molecule has 2 aromatic heterocycles. The number of nitrogens with one attached hydrogen (secondary N) is 1. The SMILES string of the molecule is CC(C)c1nccn1-c1cccc([C@@H]2CCCN2C(=O)CCC(=O)N2CCNC(=O)C2(C)C)n1. The molecule has 0 unspecified atom stereocenters. The van der Waals surface area contributed by atoms with E-state index >= 15 is 0 Å². The highest BCUT2D eigenvalue weighted by molar-refractivity contribution is 5.93. The van der Waals surface area contributed by atoms with Gasteiger partial charge in [0.15, 0.2) is 0 Å². The quantitative estimate of drug-likeness (QED) is 0.705. The first-order valence-corrected chi connectivity index (χ1v) is 12.1. The van der Waals surface area contributed by atoms with Gasteiger partial charge in [-0.3, -0.25) is 19.0 Å². The van der Waals surface area contributed by atoms with E-state index < -0.39 is 5.54 Å². The van der Waals surface area contributed by atoms with Gasteiger partial charge in [-0.1, -0.05) is 19.9 Å². The van der Waals surface area contributed by atoms with E-state index in [1.807, 2.05) is 33.9 Å². The Bertz CT molecular complexity index is 1080. The number of pyridine rings is 1. The number of aromatic nitrogens is 3. The van der Waals surface area contributed by atoms with Gasteiger partial charge < -0.3 is 15.1 Å². The lowest BCUT2D eigenvalue weighted by Gasteiger charge is -2.41. The van der Waals surface area contributed by atoms with Crippen LogP contribution in [0, 0.1) is 0 Å². The molecule has 2 aromatic rings. The van der Waals surface area contributed by atoms with Crippen LogP contribution in [0.15, 0.2) is 30.6 Å². The van der Waals surface area contributed by atoms with Crippen molar-refractivity contribution in [1.29, 1.82) is 0 Å². The molecule has 1 atom stereocenters. The molecule has 2 aliphatic heterocycles. The largest absolute Gasteiger partial charge is 0.352 e. The number of carbonyl (C=O) groups is 3. The minimum absolute atomic E-state index is 0.0483. The predicted octanol–water partition coefficient (Wildman–Crippen LogP) is 2.57. The van der Waals surface area contributed by atoms with Crippen molar-refractivity contribution in [2.24, 2.45) is 0 Å². The number of hydrogen-bond donors (Lipinski definition) is 1. The topological polar surface area (TPSA) is 100 Å². The summed E-state index contributed by atoms with van der Waals surface area (Å²) in [4.78, 5) is 50.9. The third-order valence-electron chi connectivity index (χ3n) is 6.81. The molecule has 2 fully saturated rings. The standard InChI is InChI=1S/C25H34N6O3/c1-17(2)23-26-12-15-30(23)20-9-5-7-18(28-20)19-8-6-14-29(19)21(32)10-11-22(33)31-16-13-27-24(34)25(31,3)4/h5,7,9,12,15,17,19H,6,8,10-11,13-14,16H2,1-4H3,(H,27,34)/t19-/m0/s1. The van der Waals surface area contributed by atoms with Crippen LogP contribution in [0.5, 0.6) is 0 Å². The Morgan fingerprint density at radius 2 is 1.94 bits per heavy atom. The highest BCUT2D eigenvalue weighted by Gasteiger charge is 2.40. The fourth-order valence-electron chi connectivity index (χ4n) is 4.90. The molecule has 0 aromatic carbocycles. The van der Waals surface area contributed by atoms with Gasteiger partial charge in [-0.05, 0) is 38.8 Å². The van der Waals surface area contributed by atoms with Crippen LogP contribution in [-0.4, -0.2) is 67.2 Å². The van der Waals surface area contributed by atoms with Crippen LogP contribution in [-0.2, 0) is 14.4 Å². The molecule has 0 aliphatic carbocycles. The lowest BCUT2D eigenvalue weighted by atomic mass is 9.98. The minimum atomic E-state index is -0.902. The van der Waals surface area contributed by atoms with Crippen molar-refractivity contribution in [3.8, 4) is 5.82 Å². The first kappa shape index (κ1) is 23.9. The molecule has 4 heterocycles. The van der Waals surface area contributed by atoms with Gasteiger partial charge in [0.05, 0.1) is 11.7 Å². The van der Waals surface area contributed by atoms with Crippen LogP contribution >= 0.6 is 0 Å². The molecular weight excluding hydrogens is 432 g/mol. The Morgan fingerprint density at radius 1 is 1.18 bits per heavy atom. The first-order valence-electron chi connectivity index (χ1n) is 12.1. The van der Waals surface area contributed by atoms with Crippen LogP contribution in [0.4, 0.5) is 0 Å². The summed E-state index contributed by atoms with van der Waals surface area (Å²) in [6.45, 7) is 9.22. The van der Waals surface area contributed by atoms with E-state index in [1.165, 1.54) is 0 Å². The van der Waals surface area contributed by atoms with E-state index in [2.05, 4.69) is 24.1 Å². The highest BCUT2D eigenvalue weighted by atomic mass is 16.2. The monoisotopic (exact) mass is 466 g/mol. The lowest BCUT2D eigenvalue weighted by molar-refractivity contribution is -0.150. The summed E-state index contributed by atoms with van der Waals surface area (Å²) < 4.78 is 1.99. The molecule has 0 radical (unpaired) electrons. The lowest BCUT2D eigenvalue weighted by Crippen LogP contribution is -2.63. The molecule has 0 bridgehead atoms. The average Bonchev–Trinajstić information content (AvgIpc) is 3.49. The van der Waals surface area contributed by atoms with Crippen molar-refractivity contribution in [2.75, 3.05) is 19.6 Å². The van der Waals surface area contributed by atoms with Gasteiger partial charge in [0.2, 0.25) is 17.7 Å². The van der Waals surface area contributed by atoms with Crippen LogP contribution < -0.4 is 5.32 Å². The smallest absolute Gasteiger partial charge is 0.245 e. The number of carbonyl (C=O) groups excluding carboxylic acids is 3.